The summed E-state index contributed by atoms with van der Waals surface area (Å²) in [6.07, 6.45) is 0. The number of aliphatic hydroxyl groups is 1. The van der Waals surface area contributed by atoms with Crippen LogP contribution in [0.2, 0.25) is 0 Å². The number of nitrogens with zero attached hydrogens (tertiary/aromatic N) is 1. The Morgan fingerprint density at radius 3 is 2.36 bits per heavy atom. The summed E-state index contributed by atoms with van der Waals surface area (Å²) in [5, 5.41) is 22.4. The molecule has 3 aromatic carbocycles. The fraction of sp³-hybridized carbons (Fsp3) is 0.0476. The Morgan fingerprint density at radius 1 is 0.800 bits per heavy atom. The number of hydrogen-bond donors (Lipinski definition) is 2. The highest BCUT2D eigenvalue weighted by Crippen LogP contribution is 2.38. The molecule has 4 nitrogen and oxygen atoms in total. The van der Waals surface area contributed by atoms with Crippen LogP contribution in [-0.4, -0.2) is 14.8 Å². The van der Waals surface area contributed by atoms with Crippen molar-refractivity contribution in [2.75, 3.05) is 0 Å². The Bertz CT molecular complexity index is 1230. The lowest BCUT2D eigenvalue weighted by Gasteiger charge is -2.07. The summed E-state index contributed by atoms with van der Waals surface area (Å²) < 4.78 is 7.64. The lowest BCUT2D eigenvalue weighted by Crippen LogP contribution is -1.93. The van der Waals surface area contributed by atoms with Crippen molar-refractivity contribution in [3.8, 4) is 11.6 Å². The van der Waals surface area contributed by atoms with E-state index in [2.05, 4.69) is 28.8 Å². The highest BCUT2D eigenvalue weighted by atomic mass is 16.5. The van der Waals surface area contributed by atoms with Crippen molar-refractivity contribution < 1.29 is 14.6 Å². The summed E-state index contributed by atoms with van der Waals surface area (Å²) in [6, 6.07) is 22.3. The smallest absolute Gasteiger partial charge is 0.288 e. The first-order valence-electron chi connectivity index (χ1n) is 8.12. The normalized spacial score (nSPS) is 11.7. The second kappa shape index (κ2) is 5.13. The molecule has 0 unspecified atom stereocenters. The van der Waals surface area contributed by atoms with E-state index in [4.69, 9.17) is 4.42 Å². The fourth-order valence-electron chi connectivity index (χ4n) is 3.60. The number of aliphatic hydroxyl groups excluding tert-OH is 1. The molecule has 0 fully saturated rings. The molecular formula is C21H15NO3. The van der Waals surface area contributed by atoms with Gasteiger partial charge >= 0.3 is 0 Å². The molecule has 5 rings (SSSR count). The van der Waals surface area contributed by atoms with Crippen LogP contribution >= 0.6 is 0 Å². The van der Waals surface area contributed by atoms with Gasteiger partial charge in [-0.1, -0.05) is 36.4 Å². The van der Waals surface area contributed by atoms with Crippen molar-refractivity contribution >= 4 is 32.8 Å². The number of benzene rings is 3. The molecule has 5 aromatic rings. The van der Waals surface area contributed by atoms with Gasteiger partial charge in [0.15, 0.2) is 0 Å². The van der Waals surface area contributed by atoms with Gasteiger partial charge in [0.05, 0.1) is 23.2 Å². The van der Waals surface area contributed by atoms with Crippen molar-refractivity contribution in [1.82, 2.24) is 4.57 Å². The first kappa shape index (κ1) is 14.1. The molecule has 2 heterocycles. The maximum Gasteiger partial charge on any atom is 0.288 e. The summed E-state index contributed by atoms with van der Waals surface area (Å²) in [5.74, 6) is -0.222. The molecule has 2 N–H and O–H groups in total. The summed E-state index contributed by atoms with van der Waals surface area (Å²) in [7, 11) is 0. The summed E-state index contributed by atoms with van der Waals surface area (Å²) in [6.45, 7) is -0.268. The highest BCUT2D eigenvalue weighted by Gasteiger charge is 2.18. The van der Waals surface area contributed by atoms with E-state index in [-0.39, 0.29) is 12.6 Å². The monoisotopic (exact) mass is 329 g/mol. The molecule has 25 heavy (non-hydrogen) atoms. The Morgan fingerprint density at radius 2 is 1.56 bits per heavy atom. The SMILES string of the molecule is OCc1c(O)oc2cc3c4ccccc4n(-c4ccccc4)c3cc12. The van der Waals surface area contributed by atoms with E-state index >= 15 is 0 Å². The summed E-state index contributed by atoms with van der Waals surface area (Å²) in [4.78, 5) is 0. The number of para-hydroxylation sites is 2. The zero-order valence-electron chi connectivity index (χ0n) is 13.3. The number of aromatic nitrogens is 1. The van der Waals surface area contributed by atoms with Gasteiger partial charge in [-0.2, -0.15) is 0 Å². The summed E-state index contributed by atoms with van der Waals surface area (Å²) >= 11 is 0. The molecule has 0 saturated carbocycles. The minimum atomic E-state index is -0.268. The van der Waals surface area contributed by atoms with Gasteiger partial charge in [0.2, 0.25) is 0 Å². The number of fused-ring (bicyclic) bond motifs is 4. The molecule has 4 heteroatoms. The number of rotatable bonds is 2. The van der Waals surface area contributed by atoms with Crippen LogP contribution in [0.15, 0.2) is 71.1 Å². The minimum absolute atomic E-state index is 0.222. The molecular weight excluding hydrogens is 314 g/mol. The fourth-order valence-corrected chi connectivity index (χ4v) is 3.60. The topological polar surface area (TPSA) is 58.5 Å². The van der Waals surface area contributed by atoms with Crippen LogP contribution in [0.4, 0.5) is 0 Å². The molecule has 0 spiro atoms. The standard InChI is InChI=1S/C21H15NO3/c23-12-17-16-10-19-15(11-20(16)25-21(17)24)14-8-4-5-9-18(14)22(19)13-6-2-1-3-7-13/h1-11,23-24H,12H2. The number of hydrogen-bond acceptors (Lipinski definition) is 3. The molecule has 0 amide bonds. The number of furan rings is 1. The first-order chi connectivity index (χ1) is 12.3. The Kier molecular flexibility index (Phi) is 2.90. The Balaban J connectivity index is 2.00. The maximum atomic E-state index is 9.94. The average Bonchev–Trinajstić information content (AvgIpc) is 3.13. The van der Waals surface area contributed by atoms with Gasteiger partial charge in [-0.15, -0.1) is 0 Å². The van der Waals surface area contributed by atoms with Crippen molar-refractivity contribution in [2.24, 2.45) is 0 Å². The molecule has 0 aliphatic carbocycles. The average molecular weight is 329 g/mol. The Hall–Kier alpha value is -3.24. The van der Waals surface area contributed by atoms with Crippen LogP contribution in [0.5, 0.6) is 5.95 Å². The van der Waals surface area contributed by atoms with Crippen LogP contribution in [0.1, 0.15) is 5.56 Å². The third kappa shape index (κ3) is 1.92. The van der Waals surface area contributed by atoms with E-state index in [0.29, 0.717) is 11.1 Å². The molecule has 122 valence electrons. The molecule has 2 aromatic heterocycles. The Labute approximate surface area is 143 Å². The quantitative estimate of drug-likeness (QED) is 0.492. The van der Waals surface area contributed by atoms with Gasteiger partial charge in [0.25, 0.3) is 5.95 Å². The largest absolute Gasteiger partial charge is 0.480 e. The van der Waals surface area contributed by atoms with Crippen LogP contribution in [-0.2, 0) is 6.61 Å². The second-order valence-corrected chi connectivity index (χ2v) is 6.10. The molecule has 0 radical (unpaired) electrons. The van der Waals surface area contributed by atoms with Gasteiger partial charge in [0, 0.05) is 21.8 Å². The van der Waals surface area contributed by atoms with Gasteiger partial charge in [0.1, 0.15) is 5.58 Å². The second-order valence-electron chi connectivity index (χ2n) is 6.10. The predicted octanol–water partition coefficient (Wildman–Crippen LogP) is 4.73. The van der Waals surface area contributed by atoms with E-state index in [9.17, 15) is 10.2 Å². The molecule has 0 aliphatic heterocycles. The van der Waals surface area contributed by atoms with Crippen molar-refractivity contribution in [2.45, 2.75) is 6.61 Å². The van der Waals surface area contributed by atoms with E-state index in [1.165, 1.54) is 0 Å². The van der Waals surface area contributed by atoms with Crippen LogP contribution in [0, 0.1) is 0 Å². The lowest BCUT2D eigenvalue weighted by molar-refractivity contribution is 0.265. The third-order valence-corrected chi connectivity index (χ3v) is 4.74. The maximum absolute atomic E-state index is 9.94. The minimum Gasteiger partial charge on any atom is -0.480 e. The van der Waals surface area contributed by atoms with Crippen molar-refractivity contribution in [3.63, 3.8) is 0 Å². The van der Waals surface area contributed by atoms with E-state index < -0.39 is 0 Å². The zero-order chi connectivity index (χ0) is 17.0. The predicted molar refractivity (Wildman–Crippen MR) is 98.1 cm³/mol. The molecule has 0 aliphatic rings. The molecule has 0 bridgehead atoms. The van der Waals surface area contributed by atoms with E-state index in [0.717, 1.165) is 32.9 Å². The zero-order valence-corrected chi connectivity index (χ0v) is 13.3. The lowest BCUT2D eigenvalue weighted by atomic mass is 10.1. The van der Waals surface area contributed by atoms with Crippen LogP contribution in [0.3, 0.4) is 0 Å². The van der Waals surface area contributed by atoms with Gasteiger partial charge in [-0.25, -0.2) is 0 Å². The van der Waals surface area contributed by atoms with E-state index in [1.807, 2.05) is 42.5 Å². The highest BCUT2D eigenvalue weighted by molar-refractivity contribution is 6.13. The van der Waals surface area contributed by atoms with Crippen molar-refractivity contribution in [3.05, 3.63) is 72.3 Å². The summed E-state index contributed by atoms with van der Waals surface area (Å²) in [5.41, 5.74) is 4.17. The van der Waals surface area contributed by atoms with E-state index in [1.54, 1.807) is 0 Å². The van der Waals surface area contributed by atoms with Crippen LogP contribution in [0.25, 0.3) is 38.5 Å². The van der Waals surface area contributed by atoms with Gasteiger partial charge < -0.3 is 19.2 Å². The van der Waals surface area contributed by atoms with Crippen LogP contribution < -0.4 is 0 Å². The molecule has 0 saturated heterocycles. The van der Waals surface area contributed by atoms with Gasteiger partial charge in [-0.3, -0.25) is 0 Å². The molecule has 0 atom stereocenters. The first-order valence-corrected chi connectivity index (χ1v) is 8.12. The van der Waals surface area contributed by atoms with Crippen molar-refractivity contribution in [1.29, 1.82) is 0 Å². The van der Waals surface area contributed by atoms with Gasteiger partial charge in [-0.05, 0) is 30.3 Å². The third-order valence-electron chi connectivity index (χ3n) is 4.74. The number of aromatic hydroxyl groups is 1.